The second kappa shape index (κ2) is 7.59. The first-order valence-corrected chi connectivity index (χ1v) is 9.87. The maximum absolute atomic E-state index is 12.9. The highest BCUT2D eigenvalue weighted by Gasteiger charge is 2.16. The van der Waals surface area contributed by atoms with Crippen molar-refractivity contribution in [1.29, 1.82) is 0 Å². The standard InChI is InChI=1S/C24H17N5O3/c1-14-27-28-23-22(25-18-10-7-16(8-11-18)24(31)32)26-19-12-9-17(13-20(19)29(14)23)21(30)15-5-3-2-4-6-15/h2-13H,1H3,(H,25,26)(H,31,32). The van der Waals surface area contributed by atoms with Gasteiger partial charge in [0, 0.05) is 16.8 Å². The molecule has 0 unspecified atom stereocenters. The Morgan fingerprint density at radius 2 is 1.59 bits per heavy atom. The van der Waals surface area contributed by atoms with Crippen LogP contribution in [0.4, 0.5) is 11.5 Å². The van der Waals surface area contributed by atoms with Crippen LogP contribution in [-0.2, 0) is 0 Å². The van der Waals surface area contributed by atoms with E-state index in [0.717, 1.165) is 5.52 Å². The number of carboxylic acid groups (broad SMARTS) is 1. The van der Waals surface area contributed by atoms with Crippen LogP contribution in [0.15, 0.2) is 72.8 Å². The lowest BCUT2D eigenvalue weighted by Gasteiger charge is -2.11. The molecule has 0 aliphatic carbocycles. The second-order valence-corrected chi connectivity index (χ2v) is 7.27. The molecule has 0 saturated heterocycles. The molecule has 0 bridgehead atoms. The lowest BCUT2D eigenvalue weighted by molar-refractivity contribution is 0.0696. The van der Waals surface area contributed by atoms with Crippen LogP contribution in [0.1, 0.15) is 32.1 Å². The molecular weight excluding hydrogens is 406 g/mol. The number of anilines is 2. The first kappa shape index (κ1) is 19.4. The molecule has 8 nitrogen and oxygen atoms in total. The lowest BCUT2D eigenvalue weighted by atomic mass is 10.0. The van der Waals surface area contributed by atoms with Gasteiger partial charge in [0.2, 0.25) is 5.65 Å². The van der Waals surface area contributed by atoms with E-state index < -0.39 is 5.97 Å². The second-order valence-electron chi connectivity index (χ2n) is 7.27. The SMILES string of the molecule is Cc1nnc2c(Nc3ccc(C(=O)O)cc3)nc3ccc(C(=O)c4ccccc4)cc3n12. The molecule has 0 fully saturated rings. The van der Waals surface area contributed by atoms with Crippen LogP contribution in [0.3, 0.4) is 0 Å². The molecule has 32 heavy (non-hydrogen) atoms. The Balaban J connectivity index is 1.60. The van der Waals surface area contributed by atoms with Gasteiger partial charge in [0.25, 0.3) is 0 Å². The molecular formula is C24H17N5O3. The minimum Gasteiger partial charge on any atom is -0.478 e. The van der Waals surface area contributed by atoms with Crippen molar-refractivity contribution in [2.45, 2.75) is 6.92 Å². The number of nitrogens with zero attached hydrogens (tertiary/aromatic N) is 4. The molecule has 0 atom stereocenters. The number of aromatic nitrogens is 4. The Kier molecular flexibility index (Phi) is 4.59. The van der Waals surface area contributed by atoms with E-state index in [2.05, 4.69) is 20.5 Å². The predicted molar refractivity (Wildman–Crippen MR) is 120 cm³/mol. The van der Waals surface area contributed by atoms with Gasteiger partial charge in [-0.1, -0.05) is 30.3 Å². The molecule has 5 rings (SSSR count). The third-order valence-electron chi connectivity index (χ3n) is 5.18. The number of carboxylic acids is 1. The average Bonchev–Trinajstić information content (AvgIpc) is 3.21. The van der Waals surface area contributed by atoms with Crippen LogP contribution in [0.5, 0.6) is 0 Å². The average molecular weight is 423 g/mol. The van der Waals surface area contributed by atoms with E-state index >= 15 is 0 Å². The van der Waals surface area contributed by atoms with E-state index in [1.807, 2.05) is 29.5 Å². The van der Waals surface area contributed by atoms with E-state index in [0.29, 0.717) is 39.6 Å². The van der Waals surface area contributed by atoms with Crippen molar-refractivity contribution < 1.29 is 14.7 Å². The molecule has 0 aliphatic rings. The normalized spacial score (nSPS) is 11.0. The Hall–Kier alpha value is -4.59. The molecule has 5 aromatic rings. The van der Waals surface area contributed by atoms with Crippen molar-refractivity contribution in [3.63, 3.8) is 0 Å². The molecule has 156 valence electrons. The van der Waals surface area contributed by atoms with Gasteiger partial charge >= 0.3 is 5.97 Å². The van der Waals surface area contributed by atoms with Gasteiger partial charge in [0.1, 0.15) is 5.82 Å². The van der Waals surface area contributed by atoms with Gasteiger partial charge in [-0.15, -0.1) is 10.2 Å². The quantitative estimate of drug-likeness (QED) is 0.407. The molecule has 3 aromatic carbocycles. The summed E-state index contributed by atoms with van der Waals surface area (Å²) in [5.74, 6) is 0.0631. The summed E-state index contributed by atoms with van der Waals surface area (Å²) < 4.78 is 1.85. The first-order chi connectivity index (χ1) is 15.5. The number of nitrogens with one attached hydrogen (secondary N) is 1. The summed E-state index contributed by atoms with van der Waals surface area (Å²) in [6.45, 7) is 1.83. The third kappa shape index (κ3) is 3.33. The molecule has 0 spiro atoms. The molecule has 0 amide bonds. The maximum atomic E-state index is 12.9. The Bertz CT molecular complexity index is 1490. The zero-order chi connectivity index (χ0) is 22.2. The predicted octanol–water partition coefficient (Wildman–Crippen LogP) is 4.26. The van der Waals surface area contributed by atoms with E-state index in [1.54, 1.807) is 42.5 Å². The number of hydrogen-bond donors (Lipinski definition) is 2. The molecule has 2 heterocycles. The van der Waals surface area contributed by atoms with Crippen molar-refractivity contribution in [1.82, 2.24) is 19.6 Å². The van der Waals surface area contributed by atoms with Crippen LogP contribution in [-0.4, -0.2) is 36.4 Å². The first-order valence-electron chi connectivity index (χ1n) is 9.87. The zero-order valence-electron chi connectivity index (χ0n) is 17.0. The largest absolute Gasteiger partial charge is 0.478 e. The highest BCUT2D eigenvalue weighted by Crippen LogP contribution is 2.26. The van der Waals surface area contributed by atoms with Crippen molar-refractivity contribution >= 4 is 39.9 Å². The van der Waals surface area contributed by atoms with Gasteiger partial charge in [-0.2, -0.15) is 0 Å². The summed E-state index contributed by atoms with van der Waals surface area (Å²) in [6.07, 6.45) is 0. The number of aryl methyl sites for hydroxylation is 1. The van der Waals surface area contributed by atoms with Gasteiger partial charge in [-0.3, -0.25) is 9.20 Å². The van der Waals surface area contributed by atoms with Crippen LogP contribution < -0.4 is 5.32 Å². The van der Waals surface area contributed by atoms with Gasteiger partial charge in [0.05, 0.1) is 16.6 Å². The fourth-order valence-electron chi connectivity index (χ4n) is 3.59. The van der Waals surface area contributed by atoms with E-state index in [4.69, 9.17) is 5.11 Å². The van der Waals surface area contributed by atoms with Crippen molar-refractivity contribution in [3.8, 4) is 0 Å². The summed E-state index contributed by atoms with van der Waals surface area (Å²) in [7, 11) is 0. The molecule has 8 heteroatoms. The Morgan fingerprint density at radius 1 is 0.875 bits per heavy atom. The van der Waals surface area contributed by atoms with Crippen molar-refractivity contribution in [2.24, 2.45) is 0 Å². The fraction of sp³-hybridized carbons (Fsp3) is 0.0417. The summed E-state index contributed by atoms with van der Waals surface area (Å²) in [5.41, 5.74) is 3.90. The van der Waals surface area contributed by atoms with Crippen LogP contribution in [0.25, 0.3) is 16.7 Å². The number of ketones is 1. The number of carbonyl (C=O) groups excluding carboxylic acids is 1. The molecule has 0 radical (unpaired) electrons. The van der Waals surface area contributed by atoms with Crippen LogP contribution in [0, 0.1) is 6.92 Å². The molecule has 0 aliphatic heterocycles. The van der Waals surface area contributed by atoms with Crippen molar-refractivity contribution in [3.05, 3.63) is 95.3 Å². The molecule has 2 N–H and O–H groups in total. The van der Waals surface area contributed by atoms with Gasteiger partial charge in [0.15, 0.2) is 11.6 Å². The minimum atomic E-state index is -0.989. The molecule has 2 aromatic heterocycles. The monoisotopic (exact) mass is 423 g/mol. The van der Waals surface area contributed by atoms with Gasteiger partial charge < -0.3 is 10.4 Å². The molecule has 0 saturated carbocycles. The number of aromatic carboxylic acids is 1. The topological polar surface area (TPSA) is 109 Å². The lowest BCUT2D eigenvalue weighted by Crippen LogP contribution is -2.05. The number of rotatable bonds is 5. The smallest absolute Gasteiger partial charge is 0.335 e. The third-order valence-corrected chi connectivity index (χ3v) is 5.18. The van der Waals surface area contributed by atoms with Gasteiger partial charge in [-0.05, 0) is 49.4 Å². The van der Waals surface area contributed by atoms with Crippen molar-refractivity contribution in [2.75, 3.05) is 5.32 Å². The fourth-order valence-corrected chi connectivity index (χ4v) is 3.59. The number of benzene rings is 3. The van der Waals surface area contributed by atoms with E-state index in [1.165, 1.54) is 12.1 Å². The Labute approximate surface area is 182 Å². The minimum absolute atomic E-state index is 0.0768. The summed E-state index contributed by atoms with van der Waals surface area (Å²) in [5, 5.41) is 20.7. The number of carbonyl (C=O) groups is 2. The maximum Gasteiger partial charge on any atom is 0.335 e. The zero-order valence-corrected chi connectivity index (χ0v) is 17.0. The van der Waals surface area contributed by atoms with Crippen LogP contribution in [0.2, 0.25) is 0 Å². The highest BCUT2D eigenvalue weighted by molar-refractivity contribution is 6.10. The summed E-state index contributed by atoms with van der Waals surface area (Å²) >= 11 is 0. The Morgan fingerprint density at radius 3 is 2.31 bits per heavy atom. The summed E-state index contributed by atoms with van der Waals surface area (Å²) in [4.78, 5) is 28.7. The highest BCUT2D eigenvalue weighted by atomic mass is 16.4. The number of hydrogen-bond acceptors (Lipinski definition) is 6. The van der Waals surface area contributed by atoms with E-state index in [-0.39, 0.29) is 11.3 Å². The van der Waals surface area contributed by atoms with Crippen LogP contribution >= 0.6 is 0 Å². The van der Waals surface area contributed by atoms with E-state index in [9.17, 15) is 9.59 Å². The van der Waals surface area contributed by atoms with Gasteiger partial charge in [-0.25, -0.2) is 9.78 Å². The summed E-state index contributed by atoms with van der Waals surface area (Å²) in [6, 6.07) is 20.8. The number of fused-ring (bicyclic) bond motifs is 3.